The first-order chi connectivity index (χ1) is 7.24. The standard InChI is InChI=1S/C13H21NO/c1-11(2)15-10-9-13(14-3)12-7-5-4-6-8-12/h4-8,11,13-14H,9-10H2,1-3H3. The Morgan fingerprint density at radius 3 is 2.40 bits per heavy atom. The minimum absolute atomic E-state index is 0.318. The zero-order valence-corrected chi connectivity index (χ0v) is 9.86. The fourth-order valence-electron chi connectivity index (χ4n) is 1.58. The van der Waals surface area contributed by atoms with Crippen molar-refractivity contribution in [2.45, 2.75) is 32.4 Å². The summed E-state index contributed by atoms with van der Waals surface area (Å²) in [6.07, 6.45) is 1.33. The Morgan fingerprint density at radius 1 is 1.20 bits per heavy atom. The molecule has 1 rings (SSSR count). The van der Waals surface area contributed by atoms with E-state index in [9.17, 15) is 0 Å². The molecule has 0 aliphatic rings. The van der Waals surface area contributed by atoms with Crippen molar-refractivity contribution < 1.29 is 4.74 Å². The maximum Gasteiger partial charge on any atom is 0.0518 e. The van der Waals surface area contributed by atoms with Crippen LogP contribution in [0, 0.1) is 0 Å². The van der Waals surface area contributed by atoms with E-state index in [1.807, 2.05) is 13.1 Å². The molecule has 0 saturated heterocycles. The van der Waals surface area contributed by atoms with Crippen LogP contribution in [0.25, 0.3) is 0 Å². The Labute approximate surface area is 92.6 Å². The minimum atomic E-state index is 0.318. The summed E-state index contributed by atoms with van der Waals surface area (Å²) in [6.45, 7) is 4.94. The molecule has 1 aromatic carbocycles. The molecule has 84 valence electrons. The van der Waals surface area contributed by atoms with Gasteiger partial charge in [-0.2, -0.15) is 0 Å². The molecule has 2 nitrogen and oxygen atoms in total. The second-order valence-electron chi connectivity index (χ2n) is 3.96. The first-order valence-electron chi connectivity index (χ1n) is 5.58. The van der Waals surface area contributed by atoms with Crippen molar-refractivity contribution in [1.29, 1.82) is 0 Å². The van der Waals surface area contributed by atoms with E-state index in [-0.39, 0.29) is 0 Å². The predicted octanol–water partition coefficient (Wildman–Crippen LogP) is 2.76. The van der Waals surface area contributed by atoms with Crippen molar-refractivity contribution in [3.63, 3.8) is 0 Å². The second kappa shape index (κ2) is 6.59. The number of ether oxygens (including phenoxy) is 1. The average molecular weight is 207 g/mol. The van der Waals surface area contributed by atoms with E-state index in [1.165, 1.54) is 5.56 Å². The van der Waals surface area contributed by atoms with E-state index in [1.54, 1.807) is 0 Å². The number of benzene rings is 1. The summed E-state index contributed by atoms with van der Waals surface area (Å²) in [4.78, 5) is 0. The third kappa shape index (κ3) is 4.45. The van der Waals surface area contributed by atoms with Gasteiger partial charge in [0.15, 0.2) is 0 Å². The highest BCUT2D eigenvalue weighted by Crippen LogP contribution is 2.15. The summed E-state index contributed by atoms with van der Waals surface area (Å²) in [6, 6.07) is 10.9. The highest BCUT2D eigenvalue weighted by atomic mass is 16.5. The lowest BCUT2D eigenvalue weighted by atomic mass is 10.0. The summed E-state index contributed by atoms with van der Waals surface area (Å²) >= 11 is 0. The molecule has 0 radical (unpaired) electrons. The molecule has 0 saturated carbocycles. The Balaban J connectivity index is 2.43. The lowest BCUT2D eigenvalue weighted by Gasteiger charge is -2.17. The van der Waals surface area contributed by atoms with Crippen LogP contribution in [0.2, 0.25) is 0 Å². The van der Waals surface area contributed by atoms with E-state index >= 15 is 0 Å². The van der Waals surface area contributed by atoms with Crippen LogP contribution in [0.4, 0.5) is 0 Å². The summed E-state index contributed by atoms with van der Waals surface area (Å²) < 4.78 is 5.56. The molecule has 1 aromatic rings. The Kier molecular flexibility index (Phi) is 5.37. The number of rotatable bonds is 6. The van der Waals surface area contributed by atoms with Crippen molar-refractivity contribution in [2.24, 2.45) is 0 Å². The Bertz CT molecular complexity index is 258. The van der Waals surface area contributed by atoms with Crippen LogP contribution in [-0.4, -0.2) is 19.8 Å². The fourth-order valence-corrected chi connectivity index (χ4v) is 1.58. The molecule has 0 bridgehead atoms. The first-order valence-corrected chi connectivity index (χ1v) is 5.58. The third-order valence-electron chi connectivity index (χ3n) is 2.41. The molecule has 0 spiro atoms. The van der Waals surface area contributed by atoms with E-state index in [0.29, 0.717) is 12.1 Å². The first kappa shape index (κ1) is 12.2. The molecule has 0 aliphatic carbocycles. The topological polar surface area (TPSA) is 21.3 Å². The molecule has 15 heavy (non-hydrogen) atoms. The van der Waals surface area contributed by atoms with Crippen LogP contribution in [0.1, 0.15) is 31.9 Å². The average Bonchev–Trinajstić information content (AvgIpc) is 2.25. The largest absolute Gasteiger partial charge is 0.379 e. The van der Waals surface area contributed by atoms with E-state index in [0.717, 1.165) is 13.0 Å². The SMILES string of the molecule is CNC(CCOC(C)C)c1ccccc1. The summed E-state index contributed by atoms with van der Waals surface area (Å²) in [5.41, 5.74) is 1.33. The van der Waals surface area contributed by atoms with Gasteiger partial charge < -0.3 is 10.1 Å². The van der Waals surface area contributed by atoms with Gasteiger partial charge in [-0.3, -0.25) is 0 Å². The number of hydrogen-bond donors (Lipinski definition) is 1. The van der Waals surface area contributed by atoms with Crippen molar-refractivity contribution >= 4 is 0 Å². The summed E-state index contributed by atoms with van der Waals surface area (Å²) in [5, 5.41) is 3.31. The van der Waals surface area contributed by atoms with Crippen LogP contribution in [0.15, 0.2) is 30.3 Å². The number of hydrogen-bond acceptors (Lipinski definition) is 2. The Hall–Kier alpha value is -0.860. The van der Waals surface area contributed by atoms with Gasteiger partial charge in [0.25, 0.3) is 0 Å². The second-order valence-corrected chi connectivity index (χ2v) is 3.96. The predicted molar refractivity (Wildman–Crippen MR) is 63.9 cm³/mol. The van der Waals surface area contributed by atoms with E-state index in [2.05, 4.69) is 43.4 Å². The lowest BCUT2D eigenvalue weighted by molar-refractivity contribution is 0.0719. The molecule has 1 N–H and O–H groups in total. The molecular weight excluding hydrogens is 186 g/mol. The summed E-state index contributed by atoms with van der Waals surface area (Å²) in [5.74, 6) is 0. The van der Waals surface area contributed by atoms with Crippen LogP contribution in [0.3, 0.4) is 0 Å². The maximum absolute atomic E-state index is 5.56. The van der Waals surface area contributed by atoms with Crippen molar-refractivity contribution in [3.05, 3.63) is 35.9 Å². The van der Waals surface area contributed by atoms with Gasteiger partial charge in [-0.05, 0) is 32.9 Å². The van der Waals surface area contributed by atoms with Gasteiger partial charge in [0.1, 0.15) is 0 Å². The highest BCUT2D eigenvalue weighted by Gasteiger charge is 2.08. The normalized spacial score (nSPS) is 13.1. The van der Waals surface area contributed by atoms with Crippen molar-refractivity contribution in [3.8, 4) is 0 Å². The van der Waals surface area contributed by atoms with Gasteiger partial charge in [-0.15, -0.1) is 0 Å². The van der Waals surface area contributed by atoms with E-state index in [4.69, 9.17) is 4.74 Å². The van der Waals surface area contributed by atoms with Gasteiger partial charge in [0.2, 0.25) is 0 Å². The summed E-state index contributed by atoms with van der Waals surface area (Å²) in [7, 11) is 1.99. The monoisotopic (exact) mass is 207 g/mol. The third-order valence-corrected chi connectivity index (χ3v) is 2.41. The zero-order valence-electron chi connectivity index (χ0n) is 9.86. The molecule has 0 heterocycles. The Morgan fingerprint density at radius 2 is 1.87 bits per heavy atom. The van der Waals surface area contributed by atoms with Crippen LogP contribution in [-0.2, 0) is 4.74 Å². The van der Waals surface area contributed by atoms with Gasteiger partial charge in [-0.1, -0.05) is 30.3 Å². The van der Waals surface area contributed by atoms with Gasteiger partial charge >= 0.3 is 0 Å². The van der Waals surface area contributed by atoms with Crippen molar-refractivity contribution in [1.82, 2.24) is 5.32 Å². The molecule has 0 aromatic heterocycles. The quantitative estimate of drug-likeness (QED) is 0.774. The van der Waals surface area contributed by atoms with Crippen LogP contribution >= 0.6 is 0 Å². The van der Waals surface area contributed by atoms with Crippen LogP contribution < -0.4 is 5.32 Å². The molecule has 0 fully saturated rings. The molecule has 0 aliphatic heterocycles. The van der Waals surface area contributed by atoms with Crippen molar-refractivity contribution in [2.75, 3.05) is 13.7 Å². The van der Waals surface area contributed by atoms with Gasteiger partial charge in [0.05, 0.1) is 6.10 Å². The number of nitrogens with one attached hydrogen (secondary N) is 1. The van der Waals surface area contributed by atoms with Gasteiger partial charge in [-0.25, -0.2) is 0 Å². The van der Waals surface area contributed by atoms with Crippen LogP contribution in [0.5, 0.6) is 0 Å². The van der Waals surface area contributed by atoms with Gasteiger partial charge in [0, 0.05) is 12.6 Å². The zero-order chi connectivity index (χ0) is 11.1. The maximum atomic E-state index is 5.56. The highest BCUT2D eigenvalue weighted by molar-refractivity contribution is 5.18. The lowest BCUT2D eigenvalue weighted by Crippen LogP contribution is -2.19. The molecule has 2 heteroatoms. The van der Waals surface area contributed by atoms with E-state index < -0.39 is 0 Å². The fraction of sp³-hybridized carbons (Fsp3) is 0.538. The molecule has 1 unspecified atom stereocenters. The smallest absolute Gasteiger partial charge is 0.0518 e. The molecule has 1 atom stereocenters. The minimum Gasteiger partial charge on any atom is -0.379 e. The molecular formula is C13H21NO. The molecule has 0 amide bonds.